The molecule has 0 aliphatic heterocycles. The average Bonchev–Trinajstić information content (AvgIpc) is 3.04. The first-order chi connectivity index (χ1) is 13.9. The van der Waals surface area contributed by atoms with Gasteiger partial charge in [-0.3, -0.25) is 4.79 Å². The molecule has 0 radical (unpaired) electrons. The first-order valence-corrected chi connectivity index (χ1v) is 8.20. The standard InChI is InChI=1S/C19H11F7N2O2/c1-9-15(28-17(30-9)18(22,23)19(24,25)26)10-5-7-11(8-6-10)27-16(29)14-12(20)3-2-4-13(14)21/h2-8H,1H3,(H,27,29). The van der Waals surface area contributed by atoms with Gasteiger partial charge in [0.2, 0.25) is 0 Å². The highest BCUT2D eigenvalue weighted by atomic mass is 19.4. The zero-order valence-electron chi connectivity index (χ0n) is 15.0. The molecule has 0 fully saturated rings. The van der Waals surface area contributed by atoms with Crippen LogP contribution < -0.4 is 5.32 Å². The molecule has 4 nitrogen and oxygen atoms in total. The summed E-state index contributed by atoms with van der Waals surface area (Å²) in [5.74, 6) is -10.5. The minimum Gasteiger partial charge on any atom is -0.440 e. The SMILES string of the molecule is Cc1oc(C(F)(F)C(F)(F)F)nc1-c1ccc(NC(=O)c2c(F)cccc2F)cc1. The van der Waals surface area contributed by atoms with Crippen molar-refractivity contribution in [3.8, 4) is 11.3 Å². The lowest BCUT2D eigenvalue weighted by molar-refractivity contribution is -0.297. The van der Waals surface area contributed by atoms with Crippen LogP contribution in [0.25, 0.3) is 11.3 Å². The summed E-state index contributed by atoms with van der Waals surface area (Å²) in [6.07, 6.45) is -5.88. The van der Waals surface area contributed by atoms with Gasteiger partial charge in [0.15, 0.2) is 0 Å². The Hall–Kier alpha value is -3.37. The van der Waals surface area contributed by atoms with E-state index in [4.69, 9.17) is 0 Å². The van der Waals surface area contributed by atoms with Crippen molar-refractivity contribution in [1.82, 2.24) is 4.98 Å². The van der Waals surface area contributed by atoms with Gasteiger partial charge in [-0.15, -0.1) is 0 Å². The fourth-order valence-electron chi connectivity index (χ4n) is 2.54. The highest BCUT2D eigenvalue weighted by molar-refractivity contribution is 6.04. The number of anilines is 1. The number of aromatic nitrogens is 1. The molecule has 0 aliphatic carbocycles. The van der Waals surface area contributed by atoms with Gasteiger partial charge in [0, 0.05) is 11.3 Å². The quantitative estimate of drug-likeness (QED) is 0.528. The lowest BCUT2D eigenvalue weighted by atomic mass is 10.1. The maximum Gasteiger partial charge on any atom is 0.463 e. The lowest BCUT2D eigenvalue weighted by Gasteiger charge is -2.15. The second kappa shape index (κ2) is 7.47. The Balaban J connectivity index is 1.84. The fraction of sp³-hybridized carbons (Fsp3) is 0.158. The van der Waals surface area contributed by atoms with Crippen molar-refractivity contribution in [1.29, 1.82) is 0 Å². The zero-order chi connectivity index (χ0) is 22.3. The summed E-state index contributed by atoms with van der Waals surface area (Å²) in [5.41, 5.74) is -0.844. The summed E-state index contributed by atoms with van der Waals surface area (Å²) in [4.78, 5) is 15.3. The van der Waals surface area contributed by atoms with Gasteiger partial charge in [0.25, 0.3) is 11.8 Å². The predicted octanol–water partition coefficient (Wildman–Crippen LogP) is 5.83. The fourth-order valence-corrected chi connectivity index (χ4v) is 2.54. The van der Waals surface area contributed by atoms with Crippen LogP contribution in [0.1, 0.15) is 22.0 Å². The molecule has 11 heteroatoms. The highest BCUT2D eigenvalue weighted by Crippen LogP contribution is 2.44. The van der Waals surface area contributed by atoms with Crippen molar-refractivity contribution in [3.63, 3.8) is 0 Å². The Bertz CT molecular complexity index is 1070. The Labute approximate surface area is 164 Å². The first-order valence-electron chi connectivity index (χ1n) is 8.20. The molecule has 1 amide bonds. The molecule has 0 aliphatic rings. The summed E-state index contributed by atoms with van der Waals surface area (Å²) in [5, 5.41) is 2.25. The van der Waals surface area contributed by atoms with E-state index in [1.807, 2.05) is 0 Å². The van der Waals surface area contributed by atoms with Crippen LogP contribution in [0, 0.1) is 18.6 Å². The Morgan fingerprint density at radius 3 is 2.07 bits per heavy atom. The van der Waals surface area contributed by atoms with E-state index >= 15 is 0 Å². The van der Waals surface area contributed by atoms with Crippen LogP contribution in [-0.4, -0.2) is 17.1 Å². The van der Waals surface area contributed by atoms with E-state index in [9.17, 15) is 35.5 Å². The van der Waals surface area contributed by atoms with Gasteiger partial charge < -0.3 is 9.73 Å². The largest absolute Gasteiger partial charge is 0.463 e. The van der Waals surface area contributed by atoms with Crippen molar-refractivity contribution in [2.45, 2.75) is 19.0 Å². The third-order valence-electron chi connectivity index (χ3n) is 4.03. The molecule has 0 saturated carbocycles. The number of oxazole rings is 1. The van der Waals surface area contributed by atoms with Crippen molar-refractivity contribution in [2.24, 2.45) is 0 Å². The van der Waals surface area contributed by atoms with E-state index in [0.717, 1.165) is 25.1 Å². The number of alkyl halides is 5. The van der Waals surface area contributed by atoms with Crippen molar-refractivity contribution >= 4 is 11.6 Å². The third-order valence-corrected chi connectivity index (χ3v) is 4.03. The lowest BCUT2D eigenvalue weighted by Crippen LogP contribution is -2.33. The molecular formula is C19H11F7N2O2. The van der Waals surface area contributed by atoms with Gasteiger partial charge in [0.1, 0.15) is 28.7 Å². The molecule has 158 valence electrons. The normalized spacial score (nSPS) is 12.1. The smallest absolute Gasteiger partial charge is 0.440 e. The highest BCUT2D eigenvalue weighted by Gasteiger charge is 2.62. The summed E-state index contributed by atoms with van der Waals surface area (Å²) >= 11 is 0. The summed E-state index contributed by atoms with van der Waals surface area (Å²) in [6, 6.07) is 7.92. The first kappa shape index (κ1) is 21.3. The molecule has 1 aromatic heterocycles. The number of halogens is 7. The molecule has 3 rings (SSSR count). The van der Waals surface area contributed by atoms with E-state index in [-0.39, 0.29) is 22.7 Å². The number of rotatable bonds is 4. The molecule has 0 saturated heterocycles. The molecule has 1 heterocycles. The van der Waals surface area contributed by atoms with Gasteiger partial charge in [-0.1, -0.05) is 18.2 Å². The van der Waals surface area contributed by atoms with Crippen molar-refractivity contribution in [2.75, 3.05) is 5.32 Å². The minimum atomic E-state index is -5.88. The van der Waals surface area contributed by atoms with E-state index in [1.165, 1.54) is 24.3 Å². The number of hydrogen-bond donors (Lipinski definition) is 1. The van der Waals surface area contributed by atoms with Gasteiger partial charge in [-0.05, 0) is 31.2 Å². The van der Waals surface area contributed by atoms with Crippen molar-refractivity contribution in [3.05, 3.63) is 71.3 Å². The summed E-state index contributed by atoms with van der Waals surface area (Å²) in [6.45, 7) is 1.16. The van der Waals surface area contributed by atoms with Crippen LogP contribution in [0.2, 0.25) is 0 Å². The number of hydrogen-bond acceptors (Lipinski definition) is 3. The van der Waals surface area contributed by atoms with Gasteiger partial charge in [-0.2, -0.15) is 22.0 Å². The van der Waals surface area contributed by atoms with Crippen LogP contribution in [-0.2, 0) is 5.92 Å². The molecule has 0 spiro atoms. The minimum absolute atomic E-state index is 0.0911. The molecule has 1 N–H and O–H groups in total. The van der Waals surface area contributed by atoms with E-state index in [1.54, 1.807) is 0 Å². The molecular weight excluding hydrogens is 421 g/mol. The maximum absolute atomic E-state index is 13.7. The number of amides is 1. The molecule has 2 aromatic carbocycles. The summed E-state index contributed by atoms with van der Waals surface area (Å²) in [7, 11) is 0. The maximum atomic E-state index is 13.7. The Morgan fingerprint density at radius 2 is 1.53 bits per heavy atom. The molecule has 0 bridgehead atoms. The second-order valence-electron chi connectivity index (χ2n) is 6.12. The number of nitrogens with one attached hydrogen (secondary N) is 1. The summed E-state index contributed by atoms with van der Waals surface area (Å²) < 4.78 is 96.1. The number of benzene rings is 2. The Kier molecular flexibility index (Phi) is 5.31. The van der Waals surface area contributed by atoms with E-state index < -0.39 is 41.1 Å². The van der Waals surface area contributed by atoms with E-state index in [0.29, 0.717) is 0 Å². The Morgan fingerprint density at radius 1 is 0.967 bits per heavy atom. The number of carbonyl (C=O) groups is 1. The number of carbonyl (C=O) groups excluding carboxylic acids is 1. The molecule has 30 heavy (non-hydrogen) atoms. The van der Waals surface area contributed by atoms with Gasteiger partial charge in [0.05, 0.1) is 0 Å². The average molecular weight is 432 g/mol. The molecule has 0 unspecified atom stereocenters. The van der Waals surface area contributed by atoms with Crippen molar-refractivity contribution < 1.29 is 39.9 Å². The van der Waals surface area contributed by atoms with Crippen LogP contribution in [0.3, 0.4) is 0 Å². The molecule has 0 atom stereocenters. The monoisotopic (exact) mass is 432 g/mol. The second-order valence-corrected chi connectivity index (χ2v) is 6.12. The number of nitrogens with zero attached hydrogens (tertiary/aromatic N) is 1. The predicted molar refractivity (Wildman–Crippen MR) is 90.9 cm³/mol. The zero-order valence-corrected chi connectivity index (χ0v) is 15.0. The number of aryl methyl sites for hydroxylation is 1. The van der Waals surface area contributed by atoms with Crippen LogP contribution in [0.5, 0.6) is 0 Å². The third kappa shape index (κ3) is 3.87. The topological polar surface area (TPSA) is 55.1 Å². The molecule has 3 aromatic rings. The van der Waals surface area contributed by atoms with Crippen LogP contribution >= 0.6 is 0 Å². The van der Waals surface area contributed by atoms with E-state index in [2.05, 4.69) is 14.7 Å². The van der Waals surface area contributed by atoms with Gasteiger partial charge in [-0.25, -0.2) is 13.8 Å². The van der Waals surface area contributed by atoms with Gasteiger partial charge >= 0.3 is 12.1 Å². The van der Waals surface area contributed by atoms with Crippen LogP contribution in [0.15, 0.2) is 46.9 Å². The van der Waals surface area contributed by atoms with Crippen LogP contribution in [0.4, 0.5) is 36.4 Å².